The Morgan fingerprint density at radius 2 is 2.14 bits per heavy atom. The van der Waals surface area contributed by atoms with Crippen molar-refractivity contribution in [2.75, 3.05) is 6.61 Å². The molecule has 0 bridgehead atoms. The van der Waals surface area contributed by atoms with Gasteiger partial charge in [-0.2, -0.15) is 0 Å². The number of halogens is 1. The quantitative estimate of drug-likeness (QED) is 0.773. The van der Waals surface area contributed by atoms with E-state index in [0.29, 0.717) is 25.3 Å². The molecule has 4 nitrogen and oxygen atoms in total. The average molecular weight is 259 g/mol. The number of aromatic nitrogens is 2. The summed E-state index contributed by atoms with van der Waals surface area (Å²) in [5, 5.41) is 0. The van der Waals surface area contributed by atoms with Crippen LogP contribution in [0, 0.1) is 0 Å². The van der Waals surface area contributed by atoms with Gasteiger partial charge >= 0.3 is 5.97 Å². The number of hydrogen-bond donors (Lipinski definition) is 0. The SMILES string of the molecule is CCOC(=O)CCc1ncc(Br)cn1. The summed E-state index contributed by atoms with van der Waals surface area (Å²) in [6, 6.07) is 0. The van der Waals surface area contributed by atoms with Crippen LogP contribution in [0.2, 0.25) is 0 Å². The Morgan fingerprint density at radius 3 is 2.71 bits per heavy atom. The van der Waals surface area contributed by atoms with Crippen molar-refractivity contribution < 1.29 is 9.53 Å². The number of hydrogen-bond acceptors (Lipinski definition) is 4. The van der Waals surface area contributed by atoms with E-state index in [4.69, 9.17) is 4.74 Å². The molecule has 0 atom stereocenters. The van der Waals surface area contributed by atoms with Gasteiger partial charge in [-0.3, -0.25) is 4.79 Å². The van der Waals surface area contributed by atoms with Crippen molar-refractivity contribution in [3.63, 3.8) is 0 Å². The molecule has 1 rings (SSSR count). The van der Waals surface area contributed by atoms with Gasteiger partial charge in [-0.05, 0) is 22.9 Å². The zero-order valence-electron chi connectivity index (χ0n) is 7.86. The van der Waals surface area contributed by atoms with Crippen LogP contribution in [0.3, 0.4) is 0 Å². The lowest BCUT2D eigenvalue weighted by Gasteiger charge is -2.00. The molecule has 1 heterocycles. The normalized spacial score (nSPS) is 9.86. The van der Waals surface area contributed by atoms with E-state index in [9.17, 15) is 4.79 Å². The van der Waals surface area contributed by atoms with Crippen molar-refractivity contribution in [3.05, 3.63) is 22.7 Å². The van der Waals surface area contributed by atoms with Crippen molar-refractivity contribution in [2.45, 2.75) is 19.8 Å². The van der Waals surface area contributed by atoms with Gasteiger partial charge in [0.1, 0.15) is 5.82 Å². The molecule has 0 aromatic carbocycles. The molecule has 0 aliphatic heterocycles. The first kappa shape index (κ1) is 11.1. The summed E-state index contributed by atoms with van der Waals surface area (Å²) < 4.78 is 5.61. The monoisotopic (exact) mass is 258 g/mol. The molecule has 0 aliphatic carbocycles. The second-order valence-corrected chi connectivity index (χ2v) is 3.54. The molecule has 14 heavy (non-hydrogen) atoms. The van der Waals surface area contributed by atoms with Crippen LogP contribution in [0.25, 0.3) is 0 Å². The molecule has 0 spiro atoms. The van der Waals surface area contributed by atoms with Gasteiger partial charge in [0, 0.05) is 18.8 Å². The van der Waals surface area contributed by atoms with Crippen LogP contribution in [-0.2, 0) is 16.0 Å². The smallest absolute Gasteiger partial charge is 0.306 e. The Bertz CT molecular complexity index is 300. The van der Waals surface area contributed by atoms with Gasteiger partial charge in [-0.1, -0.05) is 0 Å². The van der Waals surface area contributed by atoms with Crippen molar-refractivity contribution in [1.82, 2.24) is 9.97 Å². The number of ether oxygens (including phenoxy) is 1. The van der Waals surface area contributed by atoms with Crippen molar-refractivity contribution >= 4 is 21.9 Å². The maximum atomic E-state index is 11.0. The lowest BCUT2D eigenvalue weighted by Crippen LogP contribution is -2.06. The lowest BCUT2D eigenvalue weighted by atomic mass is 10.3. The van der Waals surface area contributed by atoms with Crippen LogP contribution in [0.5, 0.6) is 0 Å². The zero-order chi connectivity index (χ0) is 10.4. The zero-order valence-corrected chi connectivity index (χ0v) is 9.45. The molecule has 0 aliphatic rings. The lowest BCUT2D eigenvalue weighted by molar-refractivity contribution is -0.143. The highest BCUT2D eigenvalue weighted by Crippen LogP contribution is 2.05. The highest BCUT2D eigenvalue weighted by Gasteiger charge is 2.03. The van der Waals surface area contributed by atoms with E-state index in [1.165, 1.54) is 0 Å². The molecular weight excluding hydrogens is 248 g/mol. The van der Waals surface area contributed by atoms with E-state index in [1.807, 2.05) is 0 Å². The predicted molar refractivity (Wildman–Crippen MR) is 54.7 cm³/mol. The highest BCUT2D eigenvalue weighted by atomic mass is 79.9. The summed E-state index contributed by atoms with van der Waals surface area (Å²) in [5.41, 5.74) is 0. The fourth-order valence-corrected chi connectivity index (χ4v) is 1.12. The van der Waals surface area contributed by atoms with Crippen LogP contribution in [0.1, 0.15) is 19.2 Å². The van der Waals surface area contributed by atoms with E-state index in [0.717, 1.165) is 4.47 Å². The number of nitrogens with zero attached hydrogens (tertiary/aromatic N) is 2. The second-order valence-electron chi connectivity index (χ2n) is 2.62. The first-order valence-corrected chi connectivity index (χ1v) is 5.13. The van der Waals surface area contributed by atoms with Crippen molar-refractivity contribution in [3.8, 4) is 0 Å². The van der Waals surface area contributed by atoms with Gasteiger partial charge in [-0.25, -0.2) is 9.97 Å². The highest BCUT2D eigenvalue weighted by molar-refractivity contribution is 9.10. The summed E-state index contributed by atoms with van der Waals surface area (Å²) in [6.45, 7) is 2.20. The molecule has 0 unspecified atom stereocenters. The summed E-state index contributed by atoms with van der Waals surface area (Å²) >= 11 is 3.23. The first-order valence-electron chi connectivity index (χ1n) is 4.34. The van der Waals surface area contributed by atoms with Crippen LogP contribution < -0.4 is 0 Å². The third-order valence-corrected chi connectivity index (χ3v) is 1.94. The Balaban J connectivity index is 2.38. The molecule has 0 fully saturated rings. The fraction of sp³-hybridized carbons (Fsp3) is 0.444. The molecule has 0 radical (unpaired) electrons. The molecule has 0 saturated heterocycles. The minimum Gasteiger partial charge on any atom is -0.466 e. The third kappa shape index (κ3) is 3.83. The molecule has 0 N–H and O–H groups in total. The summed E-state index contributed by atoms with van der Waals surface area (Å²) in [6.07, 6.45) is 4.17. The molecule has 0 amide bonds. The summed E-state index contributed by atoms with van der Waals surface area (Å²) in [7, 11) is 0. The minimum atomic E-state index is -0.209. The van der Waals surface area contributed by atoms with Crippen molar-refractivity contribution in [1.29, 1.82) is 0 Å². The molecular formula is C9H11BrN2O2. The van der Waals surface area contributed by atoms with Crippen LogP contribution in [0.15, 0.2) is 16.9 Å². The fourth-order valence-electron chi connectivity index (χ4n) is 0.915. The van der Waals surface area contributed by atoms with Gasteiger partial charge in [0.05, 0.1) is 17.5 Å². The molecule has 76 valence electrons. The van der Waals surface area contributed by atoms with E-state index < -0.39 is 0 Å². The average Bonchev–Trinajstić information content (AvgIpc) is 2.17. The number of carbonyl (C=O) groups excluding carboxylic acids is 1. The number of rotatable bonds is 4. The minimum absolute atomic E-state index is 0.209. The maximum absolute atomic E-state index is 11.0. The molecule has 1 aromatic rings. The van der Waals surface area contributed by atoms with E-state index >= 15 is 0 Å². The first-order chi connectivity index (χ1) is 6.72. The Labute approximate surface area is 90.8 Å². The Hall–Kier alpha value is -0.970. The number of carbonyl (C=O) groups is 1. The Morgan fingerprint density at radius 1 is 1.50 bits per heavy atom. The van der Waals surface area contributed by atoms with Gasteiger partial charge in [0.2, 0.25) is 0 Å². The van der Waals surface area contributed by atoms with Gasteiger partial charge in [0.25, 0.3) is 0 Å². The molecule has 0 saturated carbocycles. The maximum Gasteiger partial charge on any atom is 0.306 e. The second kappa shape index (κ2) is 5.70. The van der Waals surface area contributed by atoms with Gasteiger partial charge < -0.3 is 4.74 Å². The standard InChI is InChI=1S/C9H11BrN2O2/c1-2-14-9(13)4-3-8-11-5-7(10)6-12-8/h5-6H,2-4H2,1H3. The van der Waals surface area contributed by atoms with Crippen LogP contribution >= 0.6 is 15.9 Å². The van der Waals surface area contributed by atoms with E-state index in [1.54, 1.807) is 19.3 Å². The van der Waals surface area contributed by atoms with E-state index in [-0.39, 0.29) is 5.97 Å². The van der Waals surface area contributed by atoms with E-state index in [2.05, 4.69) is 25.9 Å². The topological polar surface area (TPSA) is 52.1 Å². The van der Waals surface area contributed by atoms with Gasteiger partial charge in [0.15, 0.2) is 0 Å². The van der Waals surface area contributed by atoms with Crippen LogP contribution in [-0.4, -0.2) is 22.5 Å². The summed E-state index contributed by atoms with van der Waals surface area (Å²) in [4.78, 5) is 19.1. The third-order valence-electron chi connectivity index (χ3n) is 1.53. The van der Waals surface area contributed by atoms with Gasteiger partial charge in [-0.15, -0.1) is 0 Å². The number of aryl methyl sites for hydroxylation is 1. The summed E-state index contributed by atoms with van der Waals surface area (Å²) in [5.74, 6) is 0.445. The predicted octanol–water partition coefficient (Wildman–Crippen LogP) is 1.73. The van der Waals surface area contributed by atoms with Crippen LogP contribution in [0.4, 0.5) is 0 Å². The largest absolute Gasteiger partial charge is 0.466 e. The molecule has 1 aromatic heterocycles. The molecule has 5 heteroatoms. The number of esters is 1. The Kier molecular flexibility index (Phi) is 4.52. The van der Waals surface area contributed by atoms with Crippen molar-refractivity contribution in [2.24, 2.45) is 0 Å².